The Morgan fingerprint density at radius 1 is 1.41 bits per heavy atom. The molecule has 6 nitrogen and oxygen atoms in total. The molecule has 27 heavy (non-hydrogen) atoms. The van der Waals surface area contributed by atoms with Gasteiger partial charge in [-0.15, -0.1) is 0 Å². The zero-order valence-electron chi connectivity index (χ0n) is 14.1. The van der Waals surface area contributed by atoms with Crippen LogP contribution in [0.1, 0.15) is 12.5 Å². The summed E-state index contributed by atoms with van der Waals surface area (Å²) in [6.45, 7) is 1.55. The minimum absolute atomic E-state index is 0.180. The van der Waals surface area contributed by atoms with Crippen molar-refractivity contribution in [3.8, 4) is 0 Å². The van der Waals surface area contributed by atoms with Crippen molar-refractivity contribution in [1.29, 1.82) is 0 Å². The number of hydrogen-bond acceptors (Lipinski definition) is 6. The molecular formula is C17H15ClN2O4S3. The van der Waals surface area contributed by atoms with Crippen LogP contribution in [0.2, 0.25) is 5.02 Å². The molecule has 0 radical (unpaired) electrons. The number of sulfone groups is 1. The molecule has 0 saturated carbocycles. The summed E-state index contributed by atoms with van der Waals surface area (Å²) in [5, 5.41) is 4.29. The topological polar surface area (TPSA) is 83.6 Å². The van der Waals surface area contributed by atoms with E-state index in [-0.39, 0.29) is 16.0 Å². The van der Waals surface area contributed by atoms with E-state index < -0.39 is 27.8 Å². The Balaban J connectivity index is 1.71. The molecule has 1 aromatic carbocycles. The number of hydrogen-bond donors (Lipinski definition) is 1. The Labute approximate surface area is 171 Å². The number of amides is 2. The van der Waals surface area contributed by atoms with Crippen molar-refractivity contribution < 1.29 is 18.0 Å². The zero-order chi connectivity index (χ0) is 19.8. The summed E-state index contributed by atoms with van der Waals surface area (Å²) in [6.07, 6.45) is 3.11. The third-order valence-electron chi connectivity index (χ3n) is 4.02. The summed E-state index contributed by atoms with van der Waals surface area (Å²) >= 11 is 12.2. The standard InChI is InChI=1S/C17H15ClN2O4S3/c1-10(15(21)19-13-6-7-27(23,24)9-13)20-16(22)14(26-17(20)25)8-11-2-4-12(18)5-3-11/h2-8,10,13H,9H2,1H3,(H,19,21)/b14-8-/t10-,13-/m0/s1. The fourth-order valence-electron chi connectivity index (χ4n) is 2.61. The largest absolute Gasteiger partial charge is 0.347 e. The maximum atomic E-state index is 12.7. The van der Waals surface area contributed by atoms with E-state index in [1.54, 1.807) is 37.3 Å². The molecule has 2 heterocycles. The molecule has 0 unspecified atom stereocenters. The SMILES string of the molecule is C[C@@H](C(=O)N[C@H]1C=CS(=O)(=O)C1)N1C(=O)/C(=C/c2ccc(Cl)cc2)SC1=S. The van der Waals surface area contributed by atoms with Gasteiger partial charge in [0.1, 0.15) is 10.4 Å². The van der Waals surface area contributed by atoms with Crippen LogP contribution >= 0.6 is 35.6 Å². The molecule has 1 N–H and O–H groups in total. The van der Waals surface area contributed by atoms with E-state index in [1.165, 1.54) is 11.0 Å². The molecule has 142 valence electrons. The van der Waals surface area contributed by atoms with Crippen LogP contribution in [0.5, 0.6) is 0 Å². The van der Waals surface area contributed by atoms with Crippen LogP contribution in [0.3, 0.4) is 0 Å². The van der Waals surface area contributed by atoms with Gasteiger partial charge in [-0.2, -0.15) is 0 Å². The fraction of sp³-hybridized carbons (Fsp3) is 0.235. The van der Waals surface area contributed by atoms with Crippen LogP contribution in [0, 0.1) is 0 Å². The Morgan fingerprint density at radius 2 is 2.07 bits per heavy atom. The van der Waals surface area contributed by atoms with Crippen molar-refractivity contribution in [1.82, 2.24) is 10.2 Å². The average Bonchev–Trinajstić information content (AvgIpc) is 3.07. The first kappa shape index (κ1) is 20.1. The van der Waals surface area contributed by atoms with Gasteiger partial charge in [-0.25, -0.2) is 8.42 Å². The number of thiocarbonyl (C=S) groups is 1. The van der Waals surface area contributed by atoms with Gasteiger partial charge in [0.25, 0.3) is 5.91 Å². The van der Waals surface area contributed by atoms with Gasteiger partial charge in [0.2, 0.25) is 5.91 Å². The number of carbonyl (C=O) groups is 2. The summed E-state index contributed by atoms with van der Waals surface area (Å²) in [5.74, 6) is -1.01. The second-order valence-corrected chi connectivity index (χ2v) is 10.1. The van der Waals surface area contributed by atoms with Gasteiger partial charge >= 0.3 is 0 Å². The quantitative estimate of drug-likeness (QED) is 0.569. The summed E-state index contributed by atoms with van der Waals surface area (Å²) in [4.78, 5) is 26.8. The van der Waals surface area contributed by atoms with E-state index in [0.29, 0.717) is 9.93 Å². The molecule has 1 fully saturated rings. The molecule has 1 saturated heterocycles. The lowest BCUT2D eigenvalue weighted by molar-refractivity contribution is -0.132. The normalized spacial score (nSPS) is 23.9. The molecule has 2 aliphatic heterocycles. The smallest absolute Gasteiger partial charge is 0.266 e. The minimum Gasteiger partial charge on any atom is -0.347 e. The van der Waals surface area contributed by atoms with Crippen molar-refractivity contribution in [3.05, 3.63) is 51.2 Å². The number of nitrogens with one attached hydrogen (secondary N) is 1. The van der Waals surface area contributed by atoms with Crippen molar-refractivity contribution in [3.63, 3.8) is 0 Å². The van der Waals surface area contributed by atoms with Crippen LogP contribution in [-0.4, -0.2) is 47.3 Å². The second-order valence-electron chi connectivity index (χ2n) is 6.05. The number of nitrogens with zero attached hydrogens (tertiary/aromatic N) is 1. The predicted octanol–water partition coefficient (Wildman–Crippen LogP) is 2.36. The third-order valence-corrected chi connectivity index (χ3v) is 6.99. The lowest BCUT2D eigenvalue weighted by Crippen LogP contribution is -2.49. The predicted molar refractivity (Wildman–Crippen MR) is 111 cm³/mol. The zero-order valence-corrected chi connectivity index (χ0v) is 17.3. The summed E-state index contributed by atoms with van der Waals surface area (Å²) < 4.78 is 23.2. The molecule has 2 aliphatic rings. The van der Waals surface area contributed by atoms with Crippen molar-refractivity contribution in [2.24, 2.45) is 0 Å². The number of benzene rings is 1. The van der Waals surface area contributed by atoms with E-state index in [2.05, 4.69) is 5.32 Å². The highest BCUT2D eigenvalue weighted by Gasteiger charge is 2.39. The summed E-state index contributed by atoms with van der Waals surface area (Å²) in [5.41, 5.74) is 0.790. The Bertz CT molecular complexity index is 970. The Hall–Kier alpha value is -1.68. The molecule has 0 aliphatic carbocycles. The van der Waals surface area contributed by atoms with E-state index in [0.717, 1.165) is 22.7 Å². The number of halogens is 1. The number of thioether (sulfide) groups is 1. The van der Waals surface area contributed by atoms with E-state index in [4.69, 9.17) is 23.8 Å². The highest BCUT2D eigenvalue weighted by molar-refractivity contribution is 8.26. The first-order valence-corrected chi connectivity index (χ1v) is 11.2. The highest BCUT2D eigenvalue weighted by Crippen LogP contribution is 2.34. The van der Waals surface area contributed by atoms with Gasteiger partial charge in [0.15, 0.2) is 9.84 Å². The maximum Gasteiger partial charge on any atom is 0.266 e. The molecule has 1 aromatic rings. The van der Waals surface area contributed by atoms with Crippen LogP contribution in [0.15, 0.2) is 40.7 Å². The molecule has 3 rings (SSSR count). The first-order chi connectivity index (χ1) is 12.7. The molecule has 2 atom stereocenters. The van der Waals surface area contributed by atoms with Crippen LogP contribution in [-0.2, 0) is 19.4 Å². The van der Waals surface area contributed by atoms with Gasteiger partial charge in [-0.1, -0.05) is 47.7 Å². The maximum absolute atomic E-state index is 12.7. The van der Waals surface area contributed by atoms with Gasteiger partial charge in [0.05, 0.1) is 16.7 Å². The van der Waals surface area contributed by atoms with Crippen molar-refractivity contribution in [2.45, 2.75) is 19.0 Å². The van der Waals surface area contributed by atoms with Gasteiger partial charge < -0.3 is 5.32 Å². The first-order valence-electron chi connectivity index (χ1n) is 7.90. The van der Waals surface area contributed by atoms with Gasteiger partial charge in [-0.05, 0) is 36.8 Å². The van der Waals surface area contributed by atoms with E-state index in [9.17, 15) is 18.0 Å². The Morgan fingerprint density at radius 3 is 2.67 bits per heavy atom. The lowest BCUT2D eigenvalue weighted by Gasteiger charge is -2.23. The van der Waals surface area contributed by atoms with Crippen molar-refractivity contribution in [2.75, 3.05) is 5.75 Å². The third kappa shape index (κ3) is 4.60. The van der Waals surface area contributed by atoms with E-state index in [1.807, 2.05) is 0 Å². The molecule has 0 aromatic heterocycles. The molecule has 10 heteroatoms. The second kappa shape index (κ2) is 7.75. The monoisotopic (exact) mass is 442 g/mol. The van der Waals surface area contributed by atoms with E-state index >= 15 is 0 Å². The van der Waals surface area contributed by atoms with Crippen LogP contribution < -0.4 is 5.32 Å². The molecule has 0 bridgehead atoms. The number of rotatable bonds is 4. The summed E-state index contributed by atoms with van der Waals surface area (Å²) in [6, 6.07) is 5.52. The summed E-state index contributed by atoms with van der Waals surface area (Å²) in [7, 11) is -3.28. The van der Waals surface area contributed by atoms with Crippen LogP contribution in [0.4, 0.5) is 0 Å². The minimum atomic E-state index is -3.28. The van der Waals surface area contributed by atoms with Gasteiger partial charge in [-0.3, -0.25) is 14.5 Å². The average molecular weight is 443 g/mol. The lowest BCUT2D eigenvalue weighted by atomic mass is 10.2. The van der Waals surface area contributed by atoms with Crippen molar-refractivity contribution >= 4 is 67.6 Å². The van der Waals surface area contributed by atoms with Gasteiger partial charge in [0, 0.05) is 10.4 Å². The molecule has 0 spiro atoms. The number of carbonyl (C=O) groups excluding carboxylic acids is 2. The highest BCUT2D eigenvalue weighted by atomic mass is 35.5. The van der Waals surface area contributed by atoms with Crippen LogP contribution in [0.25, 0.3) is 6.08 Å². The fourth-order valence-corrected chi connectivity index (χ4v) is 5.39. The Kier molecular flexibility index (Phi) is 5.76. The molecule has 2 amide bonds. The molecular weight excluding hydrogens is 428 g/mol.